The molecule has 0 bridgehead atoms. The number of anilines is 1. The van der Waals surface area contributed by atoms with Crippen LogP contribution in [0.3, 0.4) is 0 Å². The van der Waals surface area contributed by atoms with Gasteiger partial charge in [0, 0.05) is 13.3 Å². The van der Waals surface area contributed by atoms with Gasteiger partial charge in [-0.25, -0.2) is 0 Å². The minimum Gasteiger partial charge on any atom is -0.408 e. The van der Waals surface area contributed by atoms with Crippen molar-refractivity contribution in [2.45, 2.75) is 33.1 Å². The topological polar surface area (TPSA) is 68.0 Å². The van der Waals surface area contributed by atoms with Crippen LogP contribution in [0.5, 0.6) is 0 Å². The molecule has 0 aliphatic rings. The van der Waals surface area contributed by atoms with E-state index < -0.39 is 0 Å². The van der Waals surface area contributed by atoms with E-state index in [1.165, 1.54) is 0 Å². The van der Waals surface area contributed by atoms with E-state index in [1.807, 2.05) is 6.92 Å². The zero-order valence-electron chi connectivity index (χ0n) is 7.83. The molecule has 1 amide bonds. The third kappa shape index (κ3) is 3.23. The van der Waals surface area contributed by atoms with Gasteiger partial charge in [-0.1, -0.05) is 18.4 Å². The fourth-order valence-corrected chi connectivity index (χ4v) is 0.866. The van der Waals surface area contributed by atoms with Crippen molar-refractivity contribution in [1.82, 2.24) is 10.2 Å². The second-order valence-electron chi connectivity index (χ2n) is 2.78. The number of amides is 1. The molecule has 0 aliphatic heterocycles. The number of aryl methyl sites for hydroxylation is 1. The highest BCUT2D eigenvalue weighted by molar-refractivity contribution is 5.88. The molecule has 0 aromatic carbocycles. The van der Waals surface area contributed by atoms with Gasteiger partial charge < -0.3 is 4.42 Å². The summed E-state index contributed by atoms with van der Waals surface area (Å²) in [7, 11) is 0. The molecule has 1 aromatic rings. The Labute approximate surface area is 76.5 Å². The van der Waals surface area contributed by atoms with Gasteiger partial charge in [0.05, 0.1) is 0 Å². The van der Waals surface area contributed by atoms with E-state index >= 15 is 0 Å². The Hall–Kier alpha value is -1.39. The summed E-state index contributed by atoms with van der Waals surface area (Å²) in [5.41, 5.74) is 0. The van der Waals surface area contributed by atoms with Crippen LogP contribution in [0.15, 0.2) is 4.42 Å². The van der Waals surface area contributed by atoms with Gasteiger partial charge in [0.2, 0.25) is 11.8 Å². The maximum absolute atomic E-state index is 11.1. The van der Waals surface area contributed by atoms with Crippen molar-refractivity contribution < 1.29 is 9.21 Å². The number of unbranched alkanes of at least 4 members (excludes halogenated alkanes) is 1. The maximum atomic E-state index is 11.1. The summed E-state index contributed by atoms with van der Waals surface area (Å²) in [6, 6.07) is 0.179. The molecule has 13 heavy (non-hydrogen) atoms. The minimum absolute atomic E-state index is 0.0782. The number of carbonyl (C=O) groups excluding carboxylic acids is 1. The van der Waals surface area contributed by atoms with Crippen molar-refractivity contribution in [3.05, 3.63) is 5.89 Å². The van der Waals surface area contributed by atoms with Gasteiger partial charge in [-0.05, 0) is 6.42 Å². The van der Waals surface area contributed by atoms with Gasteiger partial charge in [0.15, 0.2) is 0 Å². The predicted molar refractivity (Wildman–Crippen MR) is 47.2 cm³/mol. The van der Waals surface area contributed by atoms with Crippen LogP contribution in [-0.2, 0) is 4.79 Å². The van der Waals surface area contributed by atoms with Gasteiger partial charge in [0.25, 0.3) is 0 Å². The summed E-state index contributed by atoms with van der Waals surface area (Å²) in [4.78, 5) is 11.1. The van der Waals surface area contributed by atoms with Crippen molar-refractivity contribution in [1.29, 1.82) is 0 Å². The molecule has 0 saturated heterocycles. The molecule has 0 radical (unpaired) electrons. The molecule has 0 unspecified atom stereocenters. The Morgan fingerprint density at radius 3 is 2.85 bits per heavy atom. The highest BCUT2D eigenvalue weighted by Crippen LogP contribution is 2.05. The lowest BCUT2D eigenvalue weighted by Gasteiger charge is -1.97. The highest BCUT2D eigenvalue weighted by atomic mass is 16.4. The fraction of sp³-hybridized carbons (Fsp3) is 0.625. The van der Waals surface area contributed by atoms with Crippen molar-refractivity contribution in [3.8, 4) is 0 Å². The van der Waals surface area contributed by atoms with Gasteiger partial charge in [-0.15, -0.1) is 5.10 Å². The minimum atomic E-state index is -0.0782. The van der Waals surface area contributed by atoms with E-state index in [2.05, 4.69) is 15.5 Å². The monoisotopic (exact) mass is 183 g/mol. The van der Waals surface area contributed by atoms with Crippen LogP contribution in [0.25, 0.3) is 0 Å². The largest absolute Gasteiger partial charge is 0.408 e. The Morgan fingerprint density at radius 2 is 2.31 bits per heavy atom. The standard InChI is InChI=1S/C8H13N3O2/c1-3-4-5-7(12)9-8-11-10-6(2)13-8/h3-5H2,1-2H3,(H,9,11,12). The predicted octanol–water partition coefficient (Wildman–Crippen LogP) is 1.51. The number of aromatic nitrogens is 2. The molecular formula is C8H13N3O2. The normalized spacial score (nSPS) is 10.0. The molecule has 5 nitrogen and oxygen atoms in total. The lowest BCUT2D eigenvalue weighted by molar-refractivity contribution is -0.116. The van der Waals surface area contributed by atoms with Gasteiger partial charge in [-0.2, -0.15) is 0 Å². The molecule has 1 N–H and O–H groups in total. The number of rotatable bonds is 4. The van der Waals surface area contributed by atoms with E-state index in [0.717, 1.165) is 12.8 Å². The van der Waals surface area contributed by atoms with Crippen LogP contribution < -0.4 is 5.32 Å². The van der Waals surface area contributed by atoms with E-state index in [4.69, 9.17) is 4.42 Å². The summed E-state index contributed by atoms with van der Waals surface area (Å²) in [5.74, 6) is 0.372. The first-order valence-corrected chi connectivity index (χ1v) is 4.32. The third-order valence-corrected chi connectivity index (χ3v) is 1.53. The van der Waals surface area contributed by atoms with Crippen LogP contribution in [0.2, 0.25) is 0 Å². The molecule has 0 fully saturated rings. The number of nitrogens with one attached hydrogen (secondary N) is 1. The summed E-state index contributed by atoms with van der Waals surface area (Å²) in [5, 5.41) is 9.75. The number of hydrogen-bond acceptors (Lipinski definition) is 4. The molecule has 0 aliphatic carbocycles. The van der Waals surface area contributed by atoms with Crippen LogP contribution in [0.4, 0.5) is 6.01 Å². The molecule has 0 atom stereocenters. The number of carbonyl (C=O) groups is 1. The van der Waals surface area contributed by atoms with Crippen molar-refractivity contribution >= 4 is 11.9 Å². The molecule has 0 saturated carbocycles. The van der Waals surface area contributed by atoms with Crippen LogP contribution in [0, 0.1) is 6.92 Å². The first kappa shape index (κ1) is 9.70. The number of nitrogens with zero attached hydrogens (tertiary/aromatic N) is 2. The zero-order chi connectivity index (χ0) is 9.68. The SMILES string of the molecule is CCCCC(=O)Nc1nnc(C)o1. The third-order valence-electron chi connectivity index (χ3n) is 1.53. The Morgan fingerprint density at radius 1 is 1.54 bits per heavy atom. The smallest absolute Gasteiger partial charge is 0.322 e. The Kier molecular flexibility index (Phi) is 3.42. The molecular weight excluding hydrogens is 170 g/mol. The summed E-state index contributed by atoms with van der Waals surface area (Å²) < 4.78 is 4.98. The van der Waals surface area contributed by atoms with Gasteiger partial charge in [0.1, 0.15) is 0 Å². The quantitative estimate of drug-likeness (QED) is 0.768. The lowest BCUT2D eigenvalue weighted by atomic mass is 10.2. The first-order valence-electron chi connectivity index (χ1n) is 4.32. The second kappa shape index (κ2) is 4.59. The molecule has 72 valence electrons. The van der Waals surface area contributed by atoms with Crippen LogP contribution in [-0.4, -0.2) is 16.1 Å². The molecule has 1 heterocycles. The molecule has 0 spiro atoms. The van der Waals surface area contributed by atoms with Gasteiger partial charge >= 0.3 is 6.01 Å². The van der Waals surface area contributed by atoms with Crippen LogP contribution in [0.1, 0.15) is 32.1 Å². The first-order chi connectivity index (χ1) is 6.22. The average Bonchev–Trinajstić information content (AvgIpc) is 2.48. The van der Waals surface area contributed by atoms with Gasteiger partial charge in [-0.3, -0.25) is 10.1 Å². The fourth-order valence-electron chi connectivity index (χ4n) is 0.866. The van der Waals surface area contributed by atoms with E-state index in [1.54, 1.807) is 6.92 Å². The van der Waals surface area contributed by atoms with Crippen molar-refractivity contribution in [2.24, 2.45) is 0 Å². The maximum Gasteiger partial charge on any atom is 0.322 e. The average molecular weight is 183 g/mol. The van der Waals surface area contributed by atoms with Crippen molar-refractivity contribution in [2.75, 3.05) is 5.32 Å². The molecule has 5 heteroatoms. The summed E-state index contributed by atoms with van der Waals surface area (Å²) in [6.45, 7) is 3.71. The zero-order valence-corrected chi connectivity index (χ0v) is 7.83. The Balaban J connectivity index is 2.36. The number of hydrogen-bond donors (Lipinski definition) is 1. The lowest BCUT2D eigenvalue weighted by Crippen LogP contribution is -2.11. The molecule has 1 rings (SSSR count). The van der Waals surface area contributed by atoms with E-state index in [0.29, 0.717) is 12.3 Å². The second-order valence-corrected chi connectivity index (χ2v) is 2.78. The van der Waals surface area contributed by atoms with E-state index in [9.17, 15) is 4.79 Å². The van der Waals surface area contributed by atoms with E-state index in [-0.39, 0.29) is 11.9 Å². The summed E-state index contributed by atoms with van der Waals surface area (Å²) in [6.07, 6.45) is 2.37. The summed E-state index contributed by atoms with van der Waals surface area (Å²) >= 11 is 0. The van der Waals surface area contributed by atoms with Crippen molar-refractivity contribution in [3.63, 3.8) is 0 Å². The highest BCUT2D eigenvalue weighted by Gasteiger charge is 2.06. The Bertz CT molecular complexity index is 283. The van der Waals surface area contributed by atoms with Crippen LogP contribution >= 0.6 is 0 Å². The molecule has 1 aromatic heterocycles.